The number of hydrogen-bond acceptors (Lipinski definition) is 3. The normalized spacial score (nSPS) is 10.0. The van der Waals surface area contributed by atoms with Gasteiger partial charge in [0.25, 0.3) is 0 Å². The predicted molar refractivity (Wildman–Crippen MR) is 78.0 cm³/mol. The van der Waals surface area contributed by atoms with E-state index in [4.69, 9.17) is 9.47 Å². The lowest BCUT2D eigenvalue weighted by atomic mass is 10.4. The summed E-state index contributed by atoms with van der Waals surface area (Å²) in [7, 11) is 0. The van der Waals surface area contributed by atoms with Gasteiger partial charge in [-0.25, -0.2) is 0 Å². The van der Waals surface area contributed by atoms with Crippen LogP contribution >= 0.6 is 0 Å². The van der Waals surface area contributed by atoms with Crippen LogP contribution in [-0.4, -0.2) is 50.3 Å². The summed E-state index contributed by atoms with van der Waals surface area (Å²) in [6, 6.07) is 0. The number of carbonyl (C=O) groups is 1. The molecule has 0 radical (unpaired) electrons. The summed E-state index contributed by atoms with van der Waals surface area (Å²) >= 11 is 0. The first-order chi connectivity index (χ1) is 8.97. The van der Waals surface area contributed by atoms with E-state index in [1.54, 1.807) is 4.90 Å². The zero-order valence-corrected chi connectivity index (χ0v) is 12.1. The van der Waals surface area contributed by atoms with Crippen LogP contribution in [0.5, 0.6) is 0 Å². The van der Waals surface area contributed by atoms with Crippen molar-refractivity contribution in [1.82, 2.24) is 4.90 Å². The third-order valence-corrected chi connectivity index (χ3v) is 2.19. The SMILES string of the molecule is C=CC(=O)N(CCOCC(=C)C)CCOCC(=C)C. The molecule has 4 nitrogen and oxygen atoms in total. The Kier molecular flexibility index (Phi) is 9.75. The Morgan fingerprint density at radius 3 is 1.79 bits per heavy atom. The number of nitrogens with zero attached hydrogens (tertiary/aromatic N) is 1. The Balaban J connectivity index is 3.95. The van der Waals surface area contributed by atoms with Gasteiger partial charge in [-0.05, 0) is 19.9 Å². The third kappa shape index (κ3) is 10.2. The van der Waals surface area contributed by atoms with E-state index in [-0.39, 0.29) is 5.91 Å². The summed E-state index contributed by atoms with van der Waals surface area (Å²) in [5.74, 6) is -0.113. The van der Waals surface area contributed by atoms with Crippen molar-refractivity contribution in [3.8, 4) is 0 Å². The van der Waals surface area contributed by atoms with Crippen LogP contribution in [-0.2, 0) is 14.3 Å². The van der Waals surface area contributed by atoms with Gasteiger partial charge in [-0.1, -0.05) is 30.9 Å². The van der Waals surface area contributed by atoms with E-state index in [1.807, 2.05) is 13.8 Å². The minimum Gasteiger partial charge on any atom is -0.375 e. The molecule has 19 heavy (non-hydrogen) atoms. The first-order valence-electron chi connectivity index (χ1n) is 6.33. The molecule has 0 saturated heterocycles. The molecule has 0 saturated carbocycles. The van der Waals surface area contributed by atoms with Crippen LogP contribution in [0.15, 0.2) is 37.0 Å². The van der Waals surface area contributed by atoms with E-state index < -0.39 is 0 Å². The molecule has 0 aliphatic rings. The monoisotopic (exact) mass is 267 g/mol. The van der Waals surface area contributed by atoms with Gasteiger partial charge in [-0.2, -0.15) is 0 Å². The molecule has 108 valence electrons. The van der Waals surface area contributed by atoms with Crippen molar-refractivity contribution in [2.24, 2.45) is 0 Å². The van der Waals surface area contributed by atoms with Gasteiger partial charge in [0.15, 0.2) is 0 Å². The predicted octanol–water partition coefficient (Wildman–Crippen LogP) is 2.19. The molecular weight excluding hydrogens is 242 g/mol. The molecule has 0 aromatic rings. The molecule has 0 aliphatic heterocycles. The van der Waals surface area contributed by atoms with Crippen molar-refractivity contribution >= 4 is 5.91 Å². The molecule has 0 aromatic carbocycles. The number of amides is 1. The average Bonchev–Trinajstić information content (AvgIpc) is 2.35. The second-order valence-electron chi connectivity index (χ2n) is 4.55. The van der Waals surface area contributed by atoms with Crippen LogP contribution in [0.2, 0.25) is 0 Å². The maximum absolute atomic E-state index is 11.6. The zero-order valence-electron chi connectivity index (χ0n) is 12.1. The standard InChI is InChI=1S/C15H25NO3/c1-6-15(17)16(7-9-18-11-13(2)3)8-10-19-12-14(4)5/h6H,1-2,4,7-12H2,3,5H3. The van der Waals surface area contributed by atoms with Crippen molar-refractivity contribution in [2.75, 3.05) is 39.5 Å². The first kappa shape index (κ1) is 17.6. The fraction of sp³-hybridized carbons (Fsp3) is 0.533. The minimum atomic E-state index is -0.113. The molecule has 0 aromatic heterocycles. The van der Waals surface area contributed by atoms with Gasteiger partial charge in [0.05, 0.1) is 26.4 Å². The van der Waals surface area contributed by atoms with Crippen LogP contribution in [0.1, 0.15) is 13.8 Å². The zero-order chi connectivity index (χ0) is 14.7. The fourth-order valence-corrected chi connectivity index (χ4v) is 1.30. The highest BCUT2D eigenvalue weighted by molar-refractivity contribution is 5.86. The molecule has 0 N–H and O–H groups in total. The largest absolute Gasteiger partial charge is 0.375 e. The van der Waals surface area contributed by atoms with Gasteiger partial charge >= 0.3 is 0 Å². The second-order valence-corrected chi connectivity index (χ2v) is 4.55. The highest BCUT2D eigenvalue weighted by Crippen LogP contribution is 1.95. The highest BCUT2D eigenvalue weighted by atomic mass is 16.5. The average molecular weight is 267 g/mol. The molecule has 0 fully saturated rings. The lowest BCUT2D eigenvalue weighted by Crippen LogP contribution is -2.35. The maximum atomic E-state index is 11.6. The van der Waals surface area contributed by atoms with E-state index in [2.05, 4.69) is 19.7 Å². The van der Waals surface area contributed by atoms with Gasteiger partial charge in [-0.3, -0.25) is 4.79 Å². The third-order valence-electron chi connectivity index (χ3n) is 2.19. The van der Waals surface area contributed by atoms with Gasteiger partial charge in [0.1, 0.15) is 0 Å². The van der Waals surface area contributed by atoms with Crippen molar-refractivity contribution < 1.29 is 14.3 Å². The number of ether oxygens (including phenoxy) is 2. The topological polar surface area (TPSA) is 38.8 Å². The van der Waals surface area contributed by atoms with Crippen LogP contribution < -0.4 is 0 Å². The lowest BCUT2D eigenvalue weighted by molar-refractivity contribution is -0.127. The van der Waals surface area contributed by atoms with Gasteiger partial charge in [0.2, 0.25) is 5.91 Å². The summed E-state index contributed by atoms with van der Waals surface area (Å²) in [6.07, 6.45) is 1.30. The Hall–Kier alpha value is -1.39. The summed E-state index contributed by atoms with van der Waals surface area (Å²) in [6.45, 7) is 17.8. The number of rotatable bonds is 11. The Morgan fingerprint density at radius 2 is 1.47 bits per heavy atom. The lowest BCUT2D eigenvalue weighted by Gasteiger charge is -2.21. The number of carbonyl (C=O) groups excluding carboxylic acids is 1. The Morgan fingerprint density at radius 1 is 1.05 bits per heavy atom. The van der Waals surface area contributed by atoms with Crippen molar-refractivity contribution in [1.29, 1.82) is 0 Å². The Bertz CT molecular complexity index is 301. The fourth-order valence-electron chi connectivity index (χ4n) is 1.30. The van der Waals surface area contributed by atoms with E-state index in [1.165, 1.54) is 6.08 Å². The molecule has 0 aliphatic carbocycles. The summed E-state index contributed by atoms with van der Waals surface area (Å²) in [5, 5.41) is 0. The van der Waals surface area contributed by atoms with Gasteiger partial charge in [0, 0.05) is 13.1 Å². The van der Waals surface area contributed by atoms with E-state index in [0.29, 0.717) is 39.5 Å². The van der Waals surface area contributed by atoms with Crippen LogP contribution in [0, 0.1) is 0 Å². The smallest absolute Gasteiger partial charge is 0.246 e. The molecule has 0 unspecified atom stereocenters. The van der Waals surface area contributed by atoms with Gasteiger partial charge < -0.3 is 14.4 Å². The maximum Gasteiger partial charge on any atom is 0.246 e. The summed E-state index contributed by atoms with van der Waals surface area (Å²) in [5.41, 5.74) is 1.93. The molecule has 0 rings (SSSR count). The minimum absolute atomic E-state index is 0.113. The molecule has 0 atom stereocenters. The molecule has 0 spiro atoms. The van der Waals surface area contributed by atoms with E-state index in [9.17, 15) is 4.79 Å². The molecule has 0 heterocycles. The summed E-state index contributed by atoms with van der Waals surface area (Å²) in [4.78, 5) is 13.3. The molecule has 0 bridgehead atoms. The van der Waals surface area contributed by atoms with Crippen LogP contribution in [0.25, 0.3) is 0 Å². The highest BCUT2D eigenvalue weighted by Gasteiger charge is 2.09. The molecule has 1 amide bonds. The van der Waals surface area contributed by atoms with Crippen LogP contribution in [0.3, 0.4) is 0 Å². The quantitative estimate of drug-likeness (QED) is 0.327. The number of hydrogen-bond donors (Lipinski definition) is 0. The summed E-state index contributed by atoms with van der Waals surface area (Å²) < 4.78 is 10.8. The second kappa shape index (κ2) is 10.5. The van der Waals surface area contributed by atoms with Crippen molar-refractivity contribution in [2.45, 2.75) is 13.8 Å². The molecular formula is C15H25NO3. The van der Waals surface area contributed by atoms with Crippen LogP contribution in [0.4, 0.5) is 0 Å². The first-order valence-corrected chi connectivity index (χ1v) is 6.33. The van der Waals surface area contributed by atoms with E-state index in [0.717, 1.165) is 11.1 Å². The van der Waals surface area contributed by atoms with Crippen molar-refractivity contribution in [3.63, 3.8) is 0 Å². The Labute approximate surface area is 116 Å². The van der Waals surface area contributed by atoms with Gasteiger partial charge in [-0.15, -0.1) is 0 Å². The molecule has 4 heteroatoms. The van der Waals surface area contributed by atoms with Crippen molar-refractivity contribution in [3.05, 3.63) is 37.0 Å². The van der Waals surface area contributed by atoms with E-state index >= 15 is 0 Å².